The Hall–Kier alpha value is -2.60. The van der Waals surface area contributed by atoms with Crippen LogP contribution >= 0.6 is 11.9 Å². The predicted molar refractivity (Wildman–Crippen MR) is 88.4 cm³/mol. The van der Waals surface area contributed by atoms with Crippen LogP contribution in [0.3, 0.4) is 0 Å². The summed E-state index contributed by atoms with van der Waals surface area (Å²) < 4.78 is 2.69. The van der Waals surface area contributed by atoms with Crippen LogP contribution in [-0.2, 0) is 0 Å². The molecule has 0 aliphatic rings. The summed E-state index contributed by atoms with van der Waals surface area (Å²) in [5.41, 5.74) is 3.50. The van der Waals surface area contributed by atoms with Gasteiger partial charge in [-0.2, -0.15) is 0 Å². The number of amides is 2. The molecule has 3 aromatic rings. The van der Waals surface area contributed by atoms with Gasteiger partial charge in [-0.05, 0) is 36.2 Å². The molecule has 0 saturated heterocycles. The maximum absolute atomic E-state index is 11.2. The van der Waals surface area contributed by atoms with E-state index in [1.807, 2.05) is 48.5 Å². The molecule has 0 fully saturated rings. The molecule has 2 N–H and O–H groups in total. The fraction of sp³-hybridized carbons (Fsp3) is 0.0625. The van der Waals surface area contributed by atoms with Crippen molar-refractivity contribution < 1.29 is 4.79 Å². The highest BCUT2D eigenvalue weighted by atomic mass is 32.2. The molecule has 0 spiro atoms. The first-order chi connectivity index (χ1) is 10.8. The van der Waals surface area contributed by atoms with Crippen molar-refractivity contribution in [2.75, 3.05) is 7.05 Å². The van der Waals surface area contributed by atoms with E-state index in [4.69, 9.17) is 0 Å². The van der Waals surface area contributed by atoms with Crippen LogP contribution in [0, 0.1) is 0 Å². The Labute approximate surface area is 132 Å². The van der Waals surface area contributed by atoms with Gasteiger partial charge in [0.15, 0.2) is 0 Å². The molecule has 2 aromatic carbocycles. The molecular formula is C16H14N4OS. The zero-order valence-corrected chi connectivity index (χ0v) is 12.7. The Morgan fingerprint density at radius 2 is 1.91 bits per heavy atom. The molecule has 0 atom stereocenters. The van der Waals surface area contributed by atoms with Crippen LogP contribution in [0.15, 0.2) is 59.6 Å². The normalized spacial score (nSPS) is 10.4. The first-order valence-corrected chi connectivity index (χ1v) is 7.55. The lowest BCUT2D eigenvalue weighted by molar-refractivity contribution is 0.248. The molecule has 1 heterocycles. The van der Waals surface area contributed by atoms with Crippen LogP contribution < -0.4 is 10.0 Å². The smallest absolute Gasteiger partial charge is 0.324 e. The van der Waals surface area contributed by atoms with E-state index in [2.05, 4.69) is 20.0 Å². The van der Waals surface area contributed by atoms with E-state index in [0.717, 1.165) is 27.2 Å². The Balaban J connectivity index is 1.88. The zero-order chi connectivity index (χ0) is 15.4. The van der Waals surface area contributed by atoms with E-state index >= 15 is 0 Å². The molecule has 2 amide bonds. The number of benzene rings is 2. The van der Waals surface area contributed by atoms with Crippen molar-refractivity contribution >= 4 is 29.0 Å². The summed E-state index contributed by atoms with van der Waals surface area (Å²) in [6.45, 7) is 0. The average Bonchev–Trinajstić information content (AvgIpc) is 2.59. The molecule has 5 nitrogen and oxygen atoms in total. The van der Waals surface area contributed by atoms with Crippen LogP contribution in [0.5, 0.6) is 0 Å². The maximum Gasteiger partial charge on any atom is 0.324 e. The van der Waals surface area contributed by atoms with Gasteiger partial charge in [-0.3, -0.25) is 9.71 Å². The lowest BCUT2D eigenvalue weighted by atomic mass is 10.1. The van der Waals surface area contributed by atoms with Gasteiger partial charge in [-0.15, -0.1) is 0 Å². The Morgan fingerprint density at radius 1 is 1.09 bits per heavy atom. The quantitative estimate of drug-likeness (QED) is 0.729. The standard InChI is InChI=1S/C16H14N4OS/c1-17-16(21)20-22-12-6-4-5-11(9-12)15-10-18-13-7-2-3-8-14(13)19-15/h2-10H,1H3,(H2,17,20,21). The molecule has 0 unspecified atom stereocenters. The average molecular weight is 310 g/mol. The van der Waals surface area contributed by atoms with Gasteiger partial charge in [0.1, 0.15) is 0 Å². The first kappa shape index (κ1) is 14.3. The second kappa shape index (κ2) is 6.44. The van der Waals surface area contributed by atoms with Crippen LogP contribution in [0.25, 0.3) is 22.3 Å². The van der Waals surface area contributed by atoms with Gasteiger partial charge >= 0.3 is 6.03 Å². The molecule has 0 bridgehead atoms. The second-order valence-corrected chi connectivity index (χ2v) is 5.43. The van der Waals surface area contributed by atoms with Gasteiger partial charge in [-0.25, -0.2) is 9.78 Å². The van der Waals surface area contributed by atoms with E-state index in [1.165, 1.54) is 11.9 Å². The summed E-state index contributed by atoms with van der Waals surface area (Å²) >= 11 is 1.26. The summed E-state index contributed by atoms with van der Waals surface area (Å²) in [7, 11) is 1.58. The predicted octanol–water partition coefficient (Wildman–Crippen LogP) is 3.23. The largest absolute Gasteiger partial charge is 0.341 e. The highest BCUT2D eigenvalue weighted by Crippen LogP contribution is 2.24. The number of fused-ring (bicyclic) bond motifs is 1. The summed E-state index contributed by atoms with van der Waals surface area (Å²) in [6, 6.07) is 15.3. The minimum Gasteiger partial charge on any atom is -0.341 e. The maximum atomic E-state index is 11.2. The highest BCUT2D eigenvalue weighted by Gasteiger charge is 2.05. The summed E-state index contributed by atoms with van der Waals surface area (Å²) in [4.78, 5) is 21.2. The third-order valence-corrected chi connectivity index (χ3v) is 3.84. The highest BCUT2D eigenvalue weighted by molar-refractivity contribution is 7.98. The van der Waals surface area contributed by atoms with Crippen LogP contribution in [0.1, 0.15) is 0 Å². The van der Waals surface area contributed by atoms with Crippen molar-refractivity contribution in [2.45, 2.75) is 4.90 Å². The molecule has 0 saturated carbocycles. The minimum absolute atomic E-state index is 0.235. The van der Waals surface area contributed by atoms with Crippen molar-refractivity contribution in [3.63, 3.8) is 0 Å². The van der Waals surface area contributed by atoms with E-state index in [-0.39, 0.29) is 6.03 Å². The van der Waals surface area contributed by atoms with Gasteiger partial charge in [0, 0.05) is 17.5 Å². The monoisotopic (exact) mass is 310 g/mol. The van der Waals surface area contributed by atoms with Crippen molar-refractivity contribution in [1.29, 1.82) is 0 Å². The molecule has 0 aliphatic carbocycles. The molecule has 0 radical (unpaired) electrons. The number of para-hydroxylation sites is 2. The summed E-state index contributed by atoms with van der Waals surface area (Å²) in [5.74, 6) is 0. The van der Waals surface area contributed by atoms with Crippen molar-refractivity contribution in [2.24, 2.45) is 0 Å². The van der Waals surface area contributed by atoms with E-state index in [0.29, 0.717) is 0 Å². The number of hydrogen-bond acceptors (Lipinski definition) is 4. The van der Waals surface area contributed by atoms with Gasteiger partial charge in [0.05, 0.1) is 22.9 Å². The first-order valence-electron chi connectivity index (χ1n) is 6.73. The molecule has 110 valence electrons. The number of nitrogens with zero attached hydrogens (tertiary/aromatic N) is 2. The summed E-state index contributed by atoms with van der Waals surface area (Å²) in [5, 5.41) is 2.51. The second-order valence-electron chi connectivity index (χ2n) is 4.56. The van der Waals surface area contributed by atoms with Gasteiger partial charge in [0.25, 0.3) is 0 Å². The molecule has 0 aliphatic heterocycles. The van der Waals surface area contributed by atoms with Crippen molar-refractivity contribution in [3.05, 3.63) is 54.7 Å². The molecule has 1 aromatic heterocycles. The SMILES string of the molecule is CNC(=O)NSc1cccc(-c2cnc3ccccc3n2)c1. The number of carbonyl (C=O) groups excluding carboxylic acids is 1. The lowest BCUT2D eigenvalue weighted by Crippen LogP contribution is -2.27. The number of nitrogens with one attached hydrogen (secondary N) is 2. The zero-order valence-electron chi connectivity index (χ0n) is 11.9. The molecular weight excluding hydrogens is 296 g/mol. The van der Waals surface area contributed by atoms with E-state index in [9.17, 15) is 4.79 Å². The van der Waals surface area contributed by atoms with E-state index < -0.39 is 0 Å². The third kappa shape index (κ3) is 3.17. The molecule has 22 heavy (non-hydrogen) atoms. The van der Waals surface area contributed by atoms with Crippen molar-refractivity contribution in [3.8, 4) is 11.3 Å². The topological polar surface area (TPSA) is 66.9 Å². The minimum atomic E-state index is -0.235. The van der Waals surface area contributed by atoms with Crippen molar-refractivity contribution in [1.82, 2.24) is 20.0 Å². The van der Waals surface area contributed by atoms with Crippen LogP contribution in [0.4, 0.5) is 4.79 Å². The molecule has 3 rings (SSSR count). The Bertz CT molecular complexity index is 822. The number of aromatic nitrogens is 2. The number of hydrogen-bond donors (Lipinski definition) is 2. The van der Waals surface area contributed by atoms with Gasteiger partial charge in [0.2, 0.25) is 0 Å². The van der Waals surface area contributed by atoms with Crippen LogP contribution in [-0.4, -0.2) is 23.0 Å². The van der Waals surface area contributed by atoms with Gasteiger partial charge < -0.3 is 5.32 Å². The number of rotatable bonds is 3. The molecule has 6 heteroatoms. The number of urea groups is 1. The Kier molecular flexibility index (Phi) is 4.20. The van der Waals surface area contributed by atoms with Crippen LogP contribution in [0.2, 0.25) is 0 Å². The lowest BCUT2D eigenvalue weighted by Gasteiger charge is -2.06. The Morgan fingerprint density at radius 3 is 2.73 bits per heavy atom. The fourth-order valence-electron chi connectivity index (χ4n) is 1.97. The fourth-order valence-corrected chi connectivity index (χ4v) is 2.62. The number of carbonyl (C=O) groups is 1. The van der Waals surface area contributed by atoms with E-state index in [1.54, 1.807) is 13.2 Å². The summed E-state index contributed by atoms with van der Waals surface area (Å²) in [6.07, 6.45) is 1.76. The van der Waals surface area contributed by atoms with Gasteiger partial charge in [-0.1, -0.05) is 24.3 Å². The third-order valence-electron chi connectivity index (χ3n) is 3.07.